The van der Waals surface area contributed by atoms with E-state index in [2.05, 4.69) is 9.62 Å². The number of fused-ring (bicyclic) bond motifs is 1. The van der Waals surface area contributed by atoms with Crippen molar-refractivity contribution in [3.05, 3.63) is 60.2 Å². The van der Waals surface area contributed by atoms with Crippen LogP contribution < -0.4 is 9.46 Å². The fourth-order valence-corrected chi connectivity index (χ4v) is 5.49. The predicted molar refractivity (Wildman–Crippen MR) is 118 cm³/mol. The number of ketones is 1. The van der Waals surface area contributed by atoms with E-state index in [4.69, 9.17) is 4.74 Å². The lowest BCUT2D eigenvalue weighted by molar-refractivity contribution is 0.0918. The number of carbonyl (C=O) groups is 1. The van der Waals surface area contributed by atoms with Gasteiger partial charge in [0.25, 0.3) is 0 Å². The first kappa shape index (κ1) is 22.7. The highest BCUT2D eigenvalue weighted by atomic mass is 35.5. The third-order valence-corrected chi connectivity index (χ3v) is 7.13. The van der Waals surface area contributed by atoms with Crippen LogP contribution in [-0.2, 0) is 10.0 Å². The number of piperidine rings is 1. The number of sulfonamides is 1. The molecule has 2 aromatic rings. The van der Waals surface area contributed by atoms with Crippen molar-refractivity contribution in [3.63, 3.8) is 0 Å². The van der Waals surface area contributed by atoms with Crippen LogP contribution in [-0.4, -0.2) is 50.9 Å². The second-order valence-electron chi connectivity index (χ2n) is 7.65. The second kappa shape index (κ2) is 9.92. The Hall–Kier alpha value is -1.93. The molecule has 4 rings (SSSR count). The number of nitrogens with zero attached hydrogens (tertiary/aromatic N) is 1. The molecular formula is C22H27ClN2O4S. The van der Waals surface area contributed by atoms with Gasteiger partial charge < -0.3 is 9.64 Å². The predicted octanol–water partition coefficient (Wildman–Crippen LogP) is 3.28. The van der Waals surface area contributed by atoms with Crippen LogP contribution in [0.25, 0.3) is 0 Å². The second-order valence-corrected chi connectivity index (χ2v) is 9.33. The summed E-state index contributed by atoms with van der Waals surface area (Å²) in [5.74, 6) is 0.778. The first-order chi connectivity index (χ1) is 14.0. The Balaban J connectivity index is 0.00000256. The molecule has 1 atom stereocenters. The molecule has 8 heteroatoms. The van der Waals surface area contributed by atoms with Crippen LogP contribution >= 0.6 is 12.4 Å². The van der Waals surface area contributed by atoms with Gasteiger partial charge in [-0.2, -0.15) is 0 Å². The van der Waals surface area contributed by atoms with E-state index in [-0.39, 0.29) is 29.2 Å². The molecule has 162 valence electrons. The highest BCUT2D eigenvalue weighted by Crippen LogP contribution is 2.24. The van der Waals surface area contributed by atoms with E-state index in [0.29, 0.717) is 12.0 Å². The van der Waals surface area contributed by atoms with E-state index < -0.39 is 16.1 Å². The molecule has 0 radical (unpaired) electrons. The summed E-state index contributed by atoms with van der Waals surface area (Å²) in [4.78, 5) is 15.1. The summed E-state index contributed by atoms with van der Waals surface area (Å²) in [6, 6.07) is 15.6. The Morgan fingerprint density at radius 3 is 2.40 bits per heavy atom. The SMILES string of the molecule is Cl.O=C1c2ccccc2S(=O)(=O)NC1CCCN1CCC(Oc2ccccc2)CC1. The van der Waals surface area contributed by atoms with Gasteiger partial charge in [0.1, 0.15) is 11.9 Å². The van der Waals surface area contributed by atoms with E-state index in [9.17, 15) is 13.2 Å². The van der Waals surface area contributed by atoms with Crippen molar-refractivity contribution in [3.8, 4) is 5.75 Å². The molecule has 0 aromatic heterocycles. The lowest BCUT2D eigenvalue weighted by atomic mass is 10.00. The lowest BCUT2D eigenvalue weighted by Crippen LogP contribution is -2.46. The van der Waals surface area contributed by atoms with Crippen LogP contribution in [0.5, 0.6) is 5.75 Å². The van der Waals surface area contributed by atoms with Crippen molar-refractivity contribution < 1.29 is 17.9 Å². The third kappa shape index (κ3) is 5.21. The number of para-hydroxylation sites is 1. The van der Waals surface area contributed by atoms with Gasteiger partial charge in [0.2, 0.25) is 10.0 Å². The summed E-state index contributed by atoms with van der Waals surface area (Å²) in [5.41, 5.74) is 0.301. The van der Waals surface area contributed by atoms with Crippen molar-refractivity contribution >= 4 is 28.2 Å². The van der Waals surface area contributed by atoms with E-state index >= 15 is 0 Å². The minimum atomic E-state index is -3.62. The van der Waals surface area contributed by atoms with E-state index in [1.807, 2.05) is 30.3 Å². The molecule has 1 unspecified atom stereocenters. The Kier molecular flexibility index (Phi) is 7.52. The van der Waals surface area contributed by atoms with Crippen molar-refractivity contribution in [1.82, 2.24) is 9.62 Å². The lowest BCUT2D eigenvalue weighted by Gasteiger charge is -2.32. The summed E-state index contributed by atoms with van der Waals surface area (Å²) < 4.78 is 33.4. The number of nitrogens with one attached hydrogen (secondary N) is 1. The number of Topliss-reactive ketones (excluding diaryl/α,β-unsaturated/α-hetero) is 1. The molecule has 1 saturated heterocycles. The minimum Gasteiger partial charge on any atom is -0.490 e. The van der Waals surface area contributed by atoms with Gasteiger partial charge in [-0.05, 0) is 56.5 Å². The van der Waals surface area contributed by atoms with Crippen molar-refractivity contribution in [1.29, 1.82) is 0 Å². The third-order valence-electron chi connectivity index (χ3n) is 5.60. The molecule has 0 bridgehead atoms. The summed E-state index contributed by atoms with van der Waals surface area (Å²) in [6.07, 6.45) is 3.45. The molecular weight excluding hydrogens is 424 g/mol. The van der Waals surface area contributed by atoms with Gasteiger partial charge >= 0.3 is 0 Å². The molecule has 0 amide bonds. The van der Waals surface area contributed by atoms with E-state index in [0.717, 1.165) is 44.6 Å². The number of likely N-dealkylation sites (tertiary alicyclic amines) is 1. The number of rotatable bonds is 6. The highest BCUT2D eigenvalue weighted by molar-refractivity contribution is 7.89. The number of ether oxygens (including phenoxy) is 1. The number of halogens is 1. The number of benzene rings is 2. The average Bonchev–Trinajstić information content (AvgIpc) is 2.74. The van der Waals surface area contributed by atoms with Crippen LogP contribution in [0.4, 0.5) is 0 Å². The Labute approximate surface area is 184 Å². The fourth-order valence-electron chi connectivity index (χ4n) is 4.05. The van der Waals surface area contributed by atoms with Gasteiger partial charge in [0.05, 0.1) is 10.9 Å². The zero-order valence-electron chi connectivity index (χ0n) is 16.7. The van der Waals surface area contributed by atoms with Crippen LogP contribution in [0, 0.1) is 0 Å². The molecule has 1 fully saturated rings. The molecule has 2 aliphatic heterocycles. The largest absolute Gasteiger partial charge is 0.490 e. The number of hydrogen-bond acceptors (Lipinski definition) is 5. The highest BCUT2D eigenvalue weighted by Gasteiger charge is 2.35. The molecule has 6 nitrogen and oxygen atoms in total. The maximum atomic E-state index is 12.6. The van der Waals surface area contributed by atoms with Crippen LogP contribution in [0.2, 0.25) is 0 Å². The molecule has 1 N–H and O–H groups in total. The van der Waals surface area contributed by atoms with Crippen molar-refractivity contribution in [2.24, 2.45) is 0 Å². The van der Waals surface area contributed by atoms with E-state index in [1.165, 1.54) is 6.07 Å². The maximum Gasteiger partial charge on any atom is 0.241 e. The quantitative estimate of drug-likeness (QED) is 0.730. The number of carbonyl (C=O) groups excluding carboxylic acids is 1. The molecule has 0 saturated carbocycles. The smallest absolute Gasteiger partial charge is 0.241 e. The first-order valence-corrected chi connectivity index (χ1v) is 11.6. The van der Waals surface area contributed by atoms with Crippen LogP contribution in [0.3, 0.4) is 0 Å². The standard InChI is InChI=1S/C22H26N2O4S.ClH/c25-22-19-9-4-5-11-21(19)29(26,27)23-20(22)10-6-14-24-15-12-18(13-16-24)28-17-7-2-1-3-8-17;/h1-5,7-9,11,18,20,23H,6,10,12-16H2;1H. The summed E-state index contributed by atoms with van der Waals surface area (Å²) in [7, 11) is -3.62. The van der Waals surface area contributed by atoms with Gasteiger partial charge in [-0.1, -0.05) is 30.3 Å². The van der Waals surface area contributed by atoms with Gasteiger partial charge in [0.15, 0.2) is 5.78 Å². The Bertz CT molecular complexity index is 960. The summed E-state index contributed by atoms with van der Waals surface area (Å²) in [5, 5.41) is 0. The van der Waals surface area contributed by atoms with Gasteiger partial charge in [-0.25, -0.2) is 13.1 Å². The van der Waals surface area contributed by atoms with Crippen molar-refractivity contribution in [2.45, 2.75) is 42.7 Å². The average molecular weight is 451 g/mol. The molecule has 30 heavy (non-hydrogen) atoms. The fraction of sp³-hybridized carbons (Fsp3) is 0.409. The zero-order chi connectivity index (χ0) is 20.3. The first-order valence-electron chi connectivity index (χ1n) is 10.1. The normalized spacial score (nSPS) is 21.5. The Morgan fingerprint density at radius 1 is 1.00 bits per heavy atom. The molecule has 2 aliphatic rings. The summed E-state index contributed by atoms with van der Waals surface area (Å²) >= 11 is 0. The van der Waals surface area contributed by atoms with Gasteiger partial charge in [0, 0.05) is 18.7 Å². The number of hydrogen-bond donors (Lipinski definition) is 1. The van der Waals surface area contributed by atoms with Gasteiger partial charge in [-0.3, -0.25) is 4.79 Å². The molecule has 0 aliphatic carbocycles. The molecule has 0 spiro atoms. The van der Waals surface area contributed by atoms with Crippen molar-refractivity contribution in [2.75, 3.05) is 19.6 Å². The van der Waals surface area contributed by atoms with Crippen LogP contribution in [0.1, 0.15) is 36.0 Å². The zero-order valence-corrected chi connectivity index (χ0v) is 18.3. The Morgan fingerprint density at radius 2 is 1.67 bits per heavy atom. The van der Waals surface area contributed by atoms with E-state index in [1.54, 1.807) is 18.2 Å². The molecule has 2 heterocycles. The maximum absolute atomic E-state index is 12.6. The van der Waals surface area contributed by atoms with Crippen LogP contribution in [0.15, 0.2) is 59.5 Å². The van der Waals surface area contributed by atoms with Gasteiger partial charge in [-0.15, -0.1) is 12.4 Å². The minimum absolute atomic E-state index is 0. The topological polar surface area (TPSA) is 75.7 Å². The molecule has 2 aromatic carbocycles. The summed E-state index contributed by atoms with van der Waals surface area (Å²) in [6.45, 7) is 2.75. The monoisotopic (exact) mass is 450 g/mol.